The fraction of sp³-hybridized carbons (Fsp3) is 1.00. The largest absolute Gasteiger partial charge is 0.395 e. The Morgan fingerprint density at radius 2 is 1.93 bits per heavy atom. The van der Waals surface area contributed by atoms with Crippen LogP contribution in [-0.2, 0) is 0 Å². The minimum atomic E-state index is -0.334. The van der Waals surface area contributed by atoms with Crippen molar-refractivity contribution in [1.29, 1.82) is 0 Å². The Bertz CT molecular complexity index is 118. The van der Waals surface area contributed by atoms with E-state index in [9.17, 15) is 0 Å². The zero-order chi connectivity index (χ0) is 10.8. The molecule has 0 spiro atoms. The maximum Gasteiger partial charge on any atom is 0.0636 e. The number of hydrogen-bond acceptors (Lipinski definition) is 3. The van der Waals surface area contributed by atoms with Gasteiger partial charge in [0.05, 0.1) is 12.7 Å². The molecule has 0 rings (SSSR count). The first-order chi connectivity index (χ1) is 6.70. The molecule has 0 fully saturated rings. The van der Waals surface area contributed by atoms with E-state index in [1.165, 1.54) is 19.3 Å². The van der Waals surface area contributed by atoms with E-state index in [0.29, 0.717) is 6.54 Å². The number of hydrogen-bond donors (Lipinski definition) is 3. The molecule has 3 N–H and O–H groups in total. The highest BCUT2D eigenvalue weighted by molar-refractivity contribution is 4.66. The third kappa shape index (κ3) is 8.48. The van der Waals surface area contributed by atoms with Gasteiger partial charge in [-0.3, -0.25) is 0 Å². The summed E-state index contributed by atoms with van der Waals surface area (Å²) in [5.74, 6) is 0. The first-order valence-electron chi connectivity index (χ1n) is 5.73. The van der Waals surface area contributed by atoms with Gasteiger partial charge in [0.25, 0.3) is 0 Å². The van der Waals surface area contributed by atoms with Gasteiger partial charge in [0.15, 0.2) is 0 Å². The van der Waals surface area contributed by atoms with Crippen LogP contribution in [0.15, 0.2) is 0 Å². The van der Waals surface area contributed by atoms with Crippen molar-refractivity contribution in [2.45, 2.75) is 58.1 Å². The van der Waals surface area contributed by atoms with E-state index in [-0.39, 0.29) is 18.8 Å². The van der Waals surface area contributed by atoms with E-state index in [0.717, 1.165) is 12.8 Å². The van der Waals surface area contributed by atoms with E-state index in [2.05, 4.69) is 12.2 Å². The molecule has 0 radical (unpaired) electrons. The van der Waals surface area contributed by atoms with Gasteiger partial charge in [0.1, 0.15) is 0 Å². The number of aliphatic hydroxyl groups excluding tert-OH is 2. The first kappa shape index (κ1) is 13.9. The quantitative estimate of drug-likeness (QED) is 0.495. The minimum Gasteiger partial charge on any atom is -0.395 e. The molecule has 86 valence electrons. The number of unbranched alkanes of at least 4 members (excludes halogenated alkanes) is 3. The monoisotopic (exact) mass is 203 g/mol. The molecule has 0 amide bonds. The highest BCUT2D eigenvalue weighted by atomic mass is 16.3. The average Bonchev–Trinajstić information content (AvgIpc) is 2.16. The molecule has 3 nitrogen and oxygen atoms in total. The van der Waals surface area contributed by atoms with Gasteiger partial charge >= 0.3 is 0 Å². The van der Waals surface area contributed by atoms with Gasteiger partial charge in [-0.2, -0.15) is 0 Å². The second kappa shape index (κ2) is 9.44. The molecule has 0 bridgehead atoms. The van der Waals surface area contributed by atoms with E-state index >= 15 is 0 Å². The lowest BCUT2D eigenvalue weighted by Gasteiger charge is -2.17. The minimum absolute atomic E-state index is 0.154. The summed E-state index contributed by atoms with van der Waals surface area (Å²) in [7, 11) is 0. The molecule has 0 saturated carbocycles. The Hall–Kier alpha value is -0.120. The molecule has 0 aromatic heterocycles. The van der Waals surface area contributed by atoms with Crippen LogP contribution >= 0.6 is 0 Å². The molecule has 0 aliphatic heterocycles. The van der Waals surface area contributed by atoms with E-state index < -0.39 is 0 Å². The van der Waals surface area contributed by atoms with Gasteiger partial charge in [0.2, 0.25) is 0 Å². The summed E-state index contributed by atoms with van der Waals surface area (Å²) < 4.78 is 0. The lowest BCUT2D eigenvalue weighted by atomic mass is 10.1. The lowest BCUT2D eigenvalue weighted by molar-refractivity contribution is 0.169. The van der Waals surface area contributed by atoms with Crippen molar-refractivity contribution in [3.63, 3.8) is 0 Å². The van der Waals surface area contributed by atoms with Crippen LogP contribution in [0.4, 0.5) is 0 Å². The van der Waals surface area contributed by atoms with Crippen molar-refractivity contribution in [2.24, 2.45) is 0 Å². The summed E-state index contributed by atoms with van der Waals surface area (Å²) in [4.78, 5) is 0. The summed E-state index contributed by atoms with van der Waals surface area (Å²) in [6, 6.07) is 0.154. The summed E-state index contributed by atoms with van der Waals surface area (Å²) in [6.45, 7) is 4.67. The van der Waals surface area contributed by atoms with E-state index in [1.54, 1.807) is 6.92 Å². The number of aliphatic hydroxyl groups is 2. The molecule has 2 atom stereocenters. The fourth-order valence-electron chi connectivity index (χ4n) is 1.41. The highest BCUT2D eigenvalue weighted by Crippen LogP contribution is 2.05. The van der Waals surface area contributed by atoms with Gasteiger partial charge in [0, 0.05) is 12.6 Å². The van der Waals surface area contributed by atoms with Crippen molar-refractivity contribution < 1.29 is 10.2 Å². The van der Waals surface area contributed by atoms with Gasteiger partial charge in [-0.25, -0.2) is 0 Å². The molecule has 0 saturated heterocycles. The predicted octanol–water partition coefficient (Wildman–Crippen LogP) is 1.29. The fourth-order valence-corrected chi connectivity index (χ4v) is 1.41. The summed E-state index contributed by atoms with van der Waals surface area (Å²) in [5, 5.41) is 21.3. The topological polar surface area (TPSA) is 52.5 Å². The Labute approximate surface area is 87.5 Å². The standard InChI is InChI=1S/C11H25NO2/c1-3-4-5-6-7-11(9-13)12-8-10(2)14/h10-14H,3-9H2,1-2H3. The third-order valence-electron chi connectivity index (χ3n) is 2.33. The summed E-state index contributed by atoms with van der Waals surface area (Å²) in [5.41, 5.74) is 0. The molecule has 0 aliphatic rings. The van der Waals surface area contributed by atoms with E-state index in [4.69, 9.17) is 10.2 Å². The molecule has 0 aromatic carbocycles. The Morgan fingerprint density at radius 3 is 2.43 bits per heavy atom. The van der Waals surface area contributed by atoms with Crippen molar-refractivity contribution in [3.8, 4) is 0 Å². The van der Waals surface area contributed by atoms with Crippen LogP contribution in [0.5, 0.6) is 0 Å². The normalized spacial score (nSPS) is 15.4. The second-order valence-corrected chi connectivity index (χ2v) is 3.99. The molecule has 3 heteroatoms. The van der Waals surface area contributed by atoms with Crippen LogP contribution in [0.1, 0.15) is 46.0 Å². The Kier molecular flexibility index (Phi) is 9.35. The first-order valence-corrected chi connectivity index (χ1v) is 5.73. The van der Waals surface area contributed by atoms with Gasteiger partial charge in [-0.05, 0) is 13.3 Å². The Morgan fingerprint density at radius 1 is 1.21 bits per heavy atom. The van der Waals surface area contributed by atoms with Crippen LogP contribution in [0, 0.1) is 0 Å². The van der Waals surface area contributed by atoms with Crippen LogP contribution in [-0.4, -0.2) is 35.5 Å². The Balaban J connectivity index is 3.38. The molecule has 0 aromatic rings. The van der Waals surface area contributed by atoms with Crippen LogP contribution in [0.25, 0.3) is 0 Å². The smallest absolute Gasteiger partial charge is 0.0636 e. The second-order valence-electron chi connectivity index (χ2n) is 3.99. The third-order valence-corrected chi connectivity index (χ3v) is 2.33. The molecule has 14 heavy (non-hydrogen) atoms. The average molecular weight is 203 g/mol. The van der Waals surface area contributed by atoms with Crippen molar-refractivity contribution in [3.05, 3.63) is 0 Å². The van der Waals surface area contributed by atoms with Gasteiger partial charge in [-0.1, -0.05) is 32.6 Å². The molecular formula is C11H25NO2. The SMILES string of the molecule is CCCCCCC(CO)NCC(C)O. The van der Waals surface area contributed by atoms with Crippen LogP contribution in [0.3, 0.4) is 0 Å². The maximum atomic E-state index is 9.06. The molecular weight excluding hydrogens is 178 g/mol. The molecule has 0 heterocycles. The van der Waals surface area contributed by atoms with Crippen molar-refractivity contribution >= 4 is 0 Å². The number of rotatable bonds is 9. The predicted molar refractivity (Wildman–Crippen MR) is 59.3 cm³/mol. The summed E-state index contributed by atoms with van der Waals surface area (Å²) >= 11 is 0. The zero-order valence-electron chi connectivity index (χ0n) is 9.50. The van der Waals surface area contributed by atoms with Crippen molar-refractivity contribution in [1.82, 2.24) is 5.32 Å². The van der Waals surface area contributed by atoms with E-state index in [1.807, 2.05) is 0 Å². The zero-order valence-corrected chi connectivity index (χ0v) is 9.50. The van der Waals surface area contributed by atoms with Crippen LogP contribution in [0.2, 0.25) is 0 Å². The highest BCUT2D eigenvalue weighted by Gasteiger charge is 2.06. The molecule has 0 aliphatic carbocycles. The lowest BCUT2D eigenvalue weighted by Crippen LogP contribution is -2.37. The van der Waals surface area contributed by atoms with Gasteiger partial charge < -0.3 is 15.5 Å². The van der Waals surface area contributed by atoms with Crippen molar-refractivity contribution in [2.75, 3.05) is 13.2 Å². The van der Waals surface area contributed by atoms with Gasteiger partial charge in [-0.15, -0.1) is 0 Å². The number of nitrogens with one attached hydrogen (secondary N) is 1. The van der Waals surface area contributed by atoms with Crippen LogP contribution < -0.4 is 5.32 Å². The molecule has 2 unspecified atom stereocenters. The summed E-state index contributed by atoms with van der Waals surface area (Å²) in [6.07, 6.45) is 5.58. The maximum absolute atomic E-state index is 9.06.